The third kappa shape index (κ3) is 39.3. The van der Waals surface area contributed by atoms with Crippen molar-refractivity contribution in [3.8, 4) is 0 Å². The van der Waals surface area contributed by atoms with Gasteiger partial charge in [-0.1, -0.05) is 11.6 Å². The molecule has 0 amide bonds. The van der Waals surface area contributed by atoms with Gasteiger partial charge in [-0.2, -0.15) is 0 Å². The summed E-state index contributed by atoms with van der Waals surface area (Å²) in [5, 5.41) is 0. The van der Waals surface area contributed by atoms with E-state index in [9.17, 15) is 0 Å². The predicted molar refractivity (Wildman–Crippen MR) is 64.3 cm³/mol. The SMILES string of the molecule is C[Si](C)(C)OCCl.[Cl][Sn]([Cl])([Cl])[Cl]. The molecule has 0 heterocycles. The molecule has 0 atom stereocenters. The molecular weight excluding hydrogens is 388 g/mol. The van der Waals surface area contributed by atoms with E-state index in [4.69, 9.17) is 51.7 Å². The molecule has 8 heteroatoms. The summed E-state index contributed by atoms with van der Waals surface area (Å²) in [5.41, 5.74) is 0. The van der Waals surface area contributed by atoms with Crippen LogP contribution in [0.5, 0.6) is 0 Å². The molecule has 0 unspecified atom stereocenters. The minimum atomic E-state index is -3.29. The Morgan fingerprint density at radius 1 is 1.08 bits per heavy atom. The van der Waals surface area contributed by atoms with Gasteiger partial charge in [0.05, 0.1) is 0 Å². The molecule has 0 aromatic rings. The number of rotatable bonds is 2. The molecule has 0 aliphatic heterocycles. The molecule has 0 spiro atoms. The molecule has 76 valence electrons. The third-order valence-electron chi connectivity index (χ3n) is 0.488. The van der Waals surface area contributed by atoms with Gasteiger partial charge in [0.25, 0.3) is 0 Å². The van der Waals surface area contributed by atoms with E-state index in [0.29, 0.717) is 6.07 Å². The van der Waals surface area contributed by atoms with Crippen LogP contribution >= 0.6 is 47.3 Å². The summed E-state index contributed by atoms with van der Waals surface area (Å²) in [6.07, 6.45) is 0. The van der Waals surface area contributed by atoms with Crippen molar-refractivity contribution in [1.82, 2.24) is 0 Å². The zero-order valence-electron chi connectivity index (χ0n) is 7.01. The Hall–Kier alpha value is 2.43. The van der Waals surface area contributed by atoms with Crippen LogP contribution in [0, 0.1) is 0 Å². The van der Waals surface area contributed by atoms with Crippen molar-refractivity contribution in [2.45, 2.75) is 19.6 Å². The fraction of sp³-hybridized carbons (Fsp3) is 1.00. The van der Waals surface area contributed by atoms with Crippen LogP contribution in [0.2, 0.25) is 19.6 Å². The summed E-state index contributed by atoms with van der Waals surface area (Å²) < 4.78 is 5.13. The van der Waals surface area contributed by atoms with Gasteiger partial charge < -0.3 is 4.43 Å². The van der Waals surface area contributed by atoms with Gasteiger partial charge in [-0.3, -0.25) is 0 Å². The Labute approximate surface area is 98.5 Å². The maximum absolute atomic E-state index is 5.30. The molecule has 0 saturated heterocycles. The van der Waals surface area contributed by atoms with Crippen molar-refractivity contribution < 1.29 is 4.43 Å². The standard InChI is InChI=1S/C4H11ClOSi.4ClH.Sn/c1-7(2,3)6-4-5;;;;;/h4H2,1-3H3;4*1H;/q;;;;;+4/p-4. The monoisotopic (exact) mass is 398 g/mol. The molecule has 0 aliphatic carbocycles. The van der Waals surface area contributed by atoms with E-state index in [1.807, 2.05) is 0 Å². The van der Waals surface area contributed by atoms with E-state index >= 15 is 0 Å². The first-order valence-corrected chi connectivity index (χ1v) is 21.4. The first-order chi connectivity index (χ1) is 5.06. The quantitative estimate of drug-likeness (QED) is 0.494. The number of hydrogen-bond donors (Lipinski definition) is 0. The van der Waals surface area contributed by atoms with Crippen LogP contribution in [0.1, 0.15) is 0 Å². The summed E-state index contributed by atoms with van der Waals surface area (Å²) >= 11 is 2.01. The molecule has 0 aromatic heterocycles. The fourth-order valence-corrected chi connectivity index (χ4v) is 1.47. The summed E-state index contributed by atoms with van der Waals surface area (Å²) in [6, 6.07) is 0.343. The van der Waals surface area contributed by atoms with Crippen molar-refractivity contribution in [1.29, 1.82) is 0 Å². The van der Waals surface area contributed by atoms with Crippen LogP contribution in [-0.4, -0.2) is 28.3 Å². The zero-order valence-corrected chi connectivity index (χ0v) is 14.6. The van der Waals surface area contributed by atoms with Crippen molar-refractivity contribution in [3.05, 3.63) is 0 Å². The van der Waals surface area contributed by atoms with Crippen molar-refractivity contribution in [3.63, 3.8) is 0 Å². The molecule has 0 aliphatic rings. The second-order valence-electron chi connectivity index (χ2n) is 2.79. The molecule has 0 radical (unpaired) electrons. The van der Waals surface area contributed by atoms with Crippen LogP contribution in [0.15, 0.2) is 0 Å². The minimum absolute atomic E-state index is 0.343. The second-order valence-corrected chi connectivity index (χ2v) is 33.0. The first-order valence-electron chi connectivity index (χ1n) is 3.02. The van der Waals surface area contributed by atoms with E-state index in [0.717, 1.165) is 0 Å². The van der Waals surface area contributed by atoms with Crippen molar-refractivity contribution in [2.24, 2.45) is 0 Å². The van der Waals surface area contributed by atoms with Gasteiger partial charge in [0.15, 0.2) is 8.32 Å². The molecule has 12 heavy (non-hydrogen) atoms. The molecule has 0 aromatic carbocycles. The Bertz CT molecular complexity index is 105. The summed E-state index contributed by atoms with van der Waals surface area (Å²) in [5.74, 6) is 0. The van der Waals surface area contributed by atoms with E-state index in [1.54, 1.807) is 0 Å². The summed E-state index contributed by atoms with van der Waals surface area (Å²) in [4.78, 5) is 0. The van der Waals surface area contributed by atoms with Gasteiger partial charge in [0, 0.05) is 0 Å². The van der Waals surface area contributed by atoms with Crippen LogP contribution in [-0.2, 0) is 4.43 Å². The normalized spacial score (nSPS) is 12.0. The molecule has 0 rings (SSSR count). The molecule has 0 fully saturated rings. The van der Waals surface area contributed by atoms with Gasteiger partial charge in [-0.05, 0) is 19.6 Å². The Balaban J connectivity index is 0. The van der Waals surface area contributed by atoms with Crippen LogP contribution in [0.25, 0.3) is 0 Å². The van der Waals surface area contributed by atoms with Gasteiger partial charge >= 0.3 is 49.6 Å². The molecule has 0 saturated carbocycles. The molecule has 0 bridgehead atoms. The van der Waals surface area contributed by atoms with Gasteiger partial charge in [-0.25, -0.2) is 0 Å². The van der Waals surface area contributed by atoms with Crippen LogP contribution in [0.4, 0.5) is 0 Å². The average Bonchev–Trinajstić information content (AvgIpc) is 1.54. The zero-order chi connectivity index (χ0) is 10.4. The molecular formula is C4H11Cl5OSiSn. The number of alkyl halides is 1. The fourth-order valence-electron chi connectivity index (χ4n) is 0.164. The predicted octanol–water partition coefficient (Wildman–Crippen LogP) is 4.41. The second kappa shape index (κ2) is 7.68. The van der Waals surface area contributed by atoms with Crippen molar-refractivity contribution in [2.75, 3.05) is 6.07 Å². The van der Waals surface area contributed by atoms with Gasteiger partial charge in [0.1, 0.15) is 6.07 Å². The topological polar surface area (TPSA) is 9.23 Å². The third-order valence-corrected chi connectivity index (χ3v) is 1.79. The summed E-state index contributed by atoms with van der Waals surface area (Å²) in [7, 11) is 18.9. The number of hydrogen-bond acceptors (Lipinski definition) is 1. The van der Waals surface area contributed by atoms with E-state index < -0.39 is 22.2 Å². The average molecular weight is 399 g/mol. The van der Waals surface area contributed by atoms with Crippen LogP contribution in [0.3, 0.4) is 0 Å². The molecule has 0 N–H and O–H groups in total. The molecule has 1 nitrogen and oxygen atoms in total. The summed E-state index contributed by atoms with van der Waals surface area (Å²) in [6.45, 7) is 6.32. The number of halogens is 5. The van der Waals surface area contributed by atoms with Crippen LogP contribution < -0.4 is 0 Å². The Kier molecular flexibility index (Phi) is 10.8. The Morgan fingerprint density at radius 3 is 1.33 bits per heavy atom. The van der Waals surface area contributed by atoms with Gasteiger partial charge in [0.2, 0.25) is 0 Å². The van der Waals surface area contributed by atoms with E-state index in [2.05, 4.69) is 19.6 Å². The van der Waals surface area contributed by atoms with Crippen molar-refractivity contribution >= 4 is 69.5 Å². The Morgan fingerprint density at radius 2 is 1.33 bits per heavy atom. The van der Waals surface area contributed by atoms with E-state index in [1.165, 1.54) is 0 Å². The van der Waals surface area contributed by atoms with Gasteiger partial charge in [-0.15, -0.1) is 0 Å². The first kappa shape index (κ1) is 16.8. The maximum atomic E-state index is 5.30. The van der Waals surface area contributed by atoms with E-state index in [-0.39, 0.29) is 0 Å².